The number of nitrogens with zero attached hydrogens (tertiary/aromatic N) is 3. The highest BCUT2D eigenvalue weighted by atomic mass is 32.1. The monoisotopic (exact) mass is 297 g/mol. The van der Waals surface area contributed by atoms with Crippen LogP contribution in [0, 0.1) is 6.92 Å². The fourth-order valence-corrected chi connectivity index (χ4v) is 2.94. The molecule has 0 radical (unpaired) electrons. The topological polar surface area (TPSA) is 73.7 Å². The molecule has 1 saturated heterocycles. The van der Waals surface area contributed by atoms with Gasteiger partial charge in [0.15, 0.2) is 0 Å². The van der Waals surface area contributed by atoms with Crippen molar-refractivity contribution in [2.24, 2.45) is 0 Å². The van der Waals surface area contributed by atoms with Crippen LogP contribution in [0.5, 0.6) is 0 Å². The zero-order valence-corrected chi connectivity index (χ0v) is 12.4. The van der Waals surface area contributed by atoms with E-state index in [4.69, 9.17) is 5.11 Å². The van der Waals surface area contributed by atoms with Crippen molar-refractivity contribution in [2.75, 3.05) is 32.7 Å². The molecule has 1 fully saturated rings. The van der Waals surface area contributed by atoms with Crippen LogP contribution in [0.25, 0.3) is 0 Å². The fraction of sp³-hybridized carbons (Fsp3) is 0.615. The van der Waals surface area contributed by atoms with E-state index < -0.39 is 5.97 Å². The molecule has 1 aromatic rings. The van der Waals surface area contributed by atoms with Crippen LogP contribution in [-0.2, 0) is 16.0 Å². The van der Waals surface area contributed by atoms with Crippen LogP contribution in [-0.4, -0.2) is 64.5 Å². The molecular formula is C13H19N3O3S. The molecule has 2 heterocycles. The Bertz CT molecular complexity index is 489. The summed E-state index contributed by atoms with van der Waals surface area (Å²) < 4.78 is 0. The molecule has 0 aliphatic carbocycles. The summed E-state index contributed by atoms with van der Waals surface area (Å²) in [7, 11) is 0. The molecule has 7 heteroatoms. The molecule has 110 valence electrons. The Morgan fingerprint density at radius 2 is 2.15 bits per heavy atom. The Kier molecular flexibility index (Phi) is 5.08. The predicted octanol–water partition coefficient (Wildman–Crippen LogP) is 0.613. The zero-order chi connectivity index (χ0) is 14.5. The van der Waals surface area contributed by atoms with Crippen LogP contribution in [0.2, 0.25) is 0 Å². The summed E-state index contributed by atoms with van der Waals surface area (Å²) in [6.45, 7) is 4.61. The molecule has 0 unspecified atom stereocenters. The van der Waals surface area contributed by atoms with Crippen LogP contribution in [0.15, 0.2) is 5.38 Å². The van der Waals surface area contributed by atoms with Gasteiger partial charge in [-0.1, -0.05) is 0 Å². The molecule has 1 aromatic heterocycles. The first kappa shape index (κ1) is 14.9. The largest absolute Gasteiger partial charge is 0.480 e. The van der Waals surface area contributed by atoms with E-state index in [1.807, 2.05) is 22.1 Å². The summed E-state index contributed by atoms with van der Waals surface area (Å²) >= 11 is 1.55. The van der Waals surface area contributed by atoms with Crippen LogP contribution >= 0.6 is 11.3 Å². The average molecular weight is 297 g/mol. The number of hydrogen-bond acceptors (Lipinski definition) is 5. The maximum atomic E-state index is 12.2. The highest BCUT2D eigenvalue weighted by Crippen LogP contribution is 2.11. The number of aryl methyl sites for hydroxylation is 1. The van der Waals surface area contributed by atoms with E-state index in [1.54, 1.807) is 11.3 Å². The zero-order valence-electron chi connectivity index (χ0n) is 11.5. The summed E-state index contributed by atoms with van der Waals surface area (Å²) in [6.07, 6.45) is 1.15. The molecule has 2 rings (SSSR count). The van der Waals surface area contributed by atoms with E-state index in [2.05, 4.69) is 4.98 Å². The van der Waals surface area contributed by atoms with Crippen molar-refractivity contribution in [3.63, 3.8) is 0 Å². The van der Waals surface area contributed by atoms with Crippen LogP contribution in [0.3, 0.4) is 0 Å². The molecule has 0 bridgehead atoms. The first-order chi connectivity index (χ1) is 9.54. The lowest BCUT2D eigenvalue weighted by molar-refractivity contribution is -0.138. The number of amides is 1. The van der Waals surface area contributed by atoms with Gasteiger partial charge in [0.1, 0.15) is 0 Å². The Morgan fingerprint density at radius 1 is 1.35 bits per heavy atom. The molecule has 0 spiro atoms. The second-order valence-electron chi connectivity index (χ2n) is 4.94. The Labute approximate surface area is 122 Å². The van der Waals surface area contributed by atoms with Gasteiger partial charge in [0.25, 0.3) is 0 Å². The first-order valence-electron chi connectivity index (χ1n) is 6.67. The highest BCUT2D eigenvalue weighted by molar-refractivity contribution is 7.09. The van der Waals surface area contributed by atoms with E-state index in [0.717, 1.165) is 23.7 Å². The minimum atomic E-state index is -0.817. The fourth-order valence-electron chi connectivity index (χ4n) is 2.33. The van der Waals surface area contributed by atoms with E-state index in [1.165, 1.54) is 0 Å². The summed E-state index contributed by atoms with van der Waals surface area (Å²) in [4.78, 5) is 30.9. The number of aromatic nitrogens is 1. The second-order valence-corrected chi connectivity index (χ2v) is 6.00. The van der Waals surface area contributed by atoms with Crippen molar-refractivity contribution in [1.29, 1.82) is 0 Å². The van der Waals surface area contributed by atoms with E-state index in [-0.39, 0.29) is 12.5 Å². The van der Waals surface area contributed by atoms with Gasteiger partial charge in [-0.05, 0) is 13.3 Å². The normalized spacial score (nSPS) is 16.9. The molecule has 1 aliphatic heterocycles. The quantitative estimate of drug-likeness (QED) is 0.881. The number of carboxylic acids is 1. The highest BCUT2D eigenvalue weighted by Gasteiger charge is 2.20. The van der Waals surface area contributed by atoms with Crippen LogP contribution in [0.4, 0.5) is 0 Å². The molecule has 1 aliphatic rings. The standard InChI is InChI=1S/C13H19N3O3S/c1-10-14-11(9-20-10)7-12(17)16-4-2-3-15(5-6-16)8-13(18)19/h9H,2-8H2,1H3,(H,18,19). The van der Waals surface area contributed by atoms with Gasteiger partial charge in [0.05, 0.1) is 23.7 Å². The summed E-state index contributed by atoms with van der Waals surface area (Å²) in [5, 5.41) is 11.7. The maximum absolute atomic E-state index is 12.2. The third kappa shape index (κ3) is 4.28. The van der Waals surface area contributed by atoms with Gasteiger partial charge in [-0.15, -0.1) is 11.3 Å². The van der Waals surface area contributed by atoms with Gasteiger partial charge < -0.3 is 10.0 Å². The van der Waals surface area contributed by atoms with Crippen molar-refractivity contribution in [3.8, 4) is 0 Å². The van der Waals surface area contributed by atoms with E-state index >= 15 is 0 Å². The number of rotatable bonds is 4. The third-order valence-electron chi connectivity index (χ3n) is 3.30. The van der Waals surface area contributed by atoms with Crippen molar-refractivity contribution in [1.82, 2.24) is 14.8 Å². The van der Waals surface area contributed by atoms with E-state index in [9.17, 15) is 9.59 Å². The molecule has 1 N–H and O–H groups in total. The van der Waals surface area contributed by atoms with Crippen molar-refractivity contribution in [3.05, 3.63) is 16.1 Å². The minimum absolute atomic E-state index is 0.0489. The van der Waals surface area contributed by atoms with Gasteiger partial charge in [-0.3, -0.25) is 14.5 Å². The SMILES string of the molecule is Cc1nc(CC(=O)N2CCCN(CC(=O)O)CC2)cs1. The average Bonchev–Trinajstić information content (AvgIpc) is 2.64. The predicted molar refractivity (Wildman–Crippen MR) is 75.8 cm³/mol. The molecule has 20 heavy (non-hydrogen) atoms. The van der Waals surface area contributed by atoms with Gasteiger partial charge in [0.2, 0.25) is 5.91 Å². The smallest absolute Gasteiger partial charge is 0.317 e. The molecule has 1 amide bonds. The van der Waals surface area contributed by atoms with Crippen molar-refractivity contribution < 1.29 is 14.7 Å². The number of carbonyl (C=O) groups excluding carboxylic acids is 1. The Morgan fingerprint density at radius 3 is 2.80 bits per heavy atom. The summed E-state index contributed by atoms with van der Waals surface area (Å²) in [6, 6.07) is 0. The van der Waals surface area contributed by atoms with Crippen molar-refractivity contribution >= 4 is 23.2 Å². The van der Waals surface area contributed by atoms with Gasteiger partial charge >= 0.3 is 5.97 Å². The molecule has 0 saturated carbocycles. The van der Waals surface area contributed by atoms with E-state index in [0.29, 0.717) is 26.1 Å². The number of hydrogen-bond donors (Lipinski definition) is 1. The minimum Gasteiger partial charge on any atom is -0.480 e. The second kappa shape index (κ2) is 6.81. The molecular weight excluding hydrogens is 278 g/mol. The lowest BCUT2D eigenvalue weighted by atomic mass is 10.3. The summed E-state index contributed by atoms with van der Waals surface area (Å²) in [5.41, 5.74) is 0.823. The third-order valence-corrected chi connectivity index (χ3v) is 4.12. The van der Waals surface area contributed by atoms with Gasteiger partial charge in [0, 0.05) is 31.6 Å². The maximum Gasteiger partial charge on any atom is 0.317 e. The first-order valence-corrected chi connectivity index (χ1v) is 7.55. The Hall–Kier alpha value is -1.47. The molecule has 6 nitrogen and oxygen atoms in total. The van der Waals surface area contributed by atoms with Gasteiger partial charge in [-0.2, -0.15) is 0 Å². The lowest BCUT2D eigenvalue weighted by Crippen LogP contribution is -2.37. The number of carboxylic acid groups (broad SMARTS) is 1. The van der Waals surface area contributed by atoms with Gasteiger partial charge in [-0.25, -0.2) is 4.98 Å². The number of aliphatic carboxylic acids is 1. The lowest BCUT2D eigenvalue weighted by Gasteiger charge is -2.20. The number of thiazole rings is 1. The number of carbonyl (C=O) groups is 2. The molecule has 0 aromatic carbocycles. The summed E-state index contributed by atoms with van der Waals surface area (Å²) in [5.74, 6) is -0.741. The Balaban J connectivity index is 1.86. The van der Waals surface area contributed by atoms with Crippen LogP contribution in [0.1, 0.15) is 17.1 Å². The molecule has 0 atom stereocenters. The van der Waals surface area contributed by atoms with Crippen LogP contribution < -0.4 is 0 Å². The van der Waals surface area contributed by atoms with Crippen molar-refractivity contribution in [2.45, 2.75) is 19.8 Å².